The monoisotopic (exact) mass is 394 g/mol. The Morgan fingerprint density at radius 2 is 1.80 bits per heavy atom. The van der Waals surface area contributed by atoms with E-state index in [0.717, 1.165) is 31.9 Å². The normalized spacial score (nSPS) is 25.7. The Morgan fingerprint density at radius 1 is 1.25 bits per heavy atom. The van der Waals surface area contributed by atoms with Crippen molar-refractivity contribution >= 4 is 35.8 Å². The summed E-state index contributed by atoms with van der Waals surface area (Å²) in [7, 11) is 1.81. The van der Waals surface area contributed by atoms with Crippen LogP contribution >= 0.6 is 24.0 Å². The number of aliphatic imine (C=N–C) groups is 1. The van der Waals surface area contributed by atoms with Gasteiger partial charge in [-0.15, -0.1) is 24.0 Å². The van der Waals surface area contributed by atoms with Gasteiger partial charge in [0.2, 0.25) is 5.91 Å². The molecule has 0 aromatic carbocycles. The molecule has 0 aromatic heterocycles. The maximum atomic E-state index is 11.3. The Balaban J connectivity index is 0.00000200. The third-order valence-corrected chi connectivity index (χ3v) is 4.33. The van der Waals surface area contributed by atoms with Gasteiger partial charge in [0.15, 0.2) is 5.96 Å². The third-order valence-electron chi connectivity index (χ3n) is 4.33. The Kier molecular flexibility index (Phi) is 6.09. The van der Waals surface area contributed by atoms with Crippen LogP contribution in [-0.2, 0) is 4.79 Å². The number of guanidine groups is 1. The number of likely N-dealkylation sites (tertiary alicyclic amines) is 1. The van der Waals surface area contributed by atoms with Crippen LogP contribution < -0.4 is 10.6 Å². The zero-order valence-electron chi connectivity index (χ0n) is 12.9. The van der Waals surface area contributed by atoms with Crippen molar-refractivity contribution in [2.75, 3.05) is 20.1 Å². The molecule has 1 unspecified atom stereocenters. The topological polar surface area (TPSA) is 56.7 Å². The van der Waals surface area contributed by atoms with Gasteiger partial charge in [0.25, 0.3) is 0 Å². The minimum Gasteiger partial charge on any atom is -0.354 e. The third kappa shape index (κ3) is 4.49. The highest BCUT2D eigenvalue weighted by Gasteiger charge is 2.46. The van der Waals surface area contributed by atoms with Gasteiger partial charge in [0.1, 0.15) is 0 Å². The highest BCUT2D eigenvalue weighted by molar-refractivity contribution is 14.0. The Morgan fingerprint density at radius 3 is 2.20 bits per heavy atom. The Hall–Kier alpha value is -0.530. The van der Waals surface area contributed by atoms with Crippen LogP contribution in [0.2, 0.25) is 0 Å². The molecule has 2 rings (SSSR count). The van der Waals surface area contributed by atoms with Crippen molar-refractivity contribution in [1.82, 2.24) is 15.5 Å². The van der Waals surface area contributed by atoms with Gasteiger partial charge in [-0.1, -0.05) is 13.8 Å². The number of rotatable bonds is 2. The molecule has 0 spiro atoms. The fourth-order valence-electron chi connectivity index (χ4n) is 2.58. The van der Waals surface area contributed by atoms with Crippen molar-refractivity contribution < 1.29 is 4.79 Å². The van der Waals surface area contributed by atoms with Crippen molar-refractivity contribution in [3.8, 4) is 0 Å². The molecule has 1 amide bonds. The van der Waals surface area contributed by atoms with Crippen molar-refractivity contribution in [3.05, 3.63) is 0 Å². The lowest BCUT2D eigenvalue weighted by Gasteiger charge is -2.32. The molecule has 1 aliphatic heterocycles. The first-order valence-electron chi connectivity index (χ1n) is 7.18. The molecule has 1 atom stereocenters. The molecule has 1 heterocycles. The standard InChI is InChI=1S/C14H26N4O.HI/c1-10(19)18-7-5-11(6-8-18)16-13(15-4)17-12-9-14(12,2)3;/h11-12H,5-9H2,1-4H3,(H2,15,16,17);1H. The molecular weight excluding hydrogens is 367 g/mol. The van der Waals surface area contributed by atoms with Gasteiger partial charge in [-0.05, 0) is 24.7 Å². The largest absolute Gasteiger partial charge is 0.354 e. The van der Waals surface area contributed by atoms with E-state index < -0.39 is 0 Å². The zero-order chi connectivity index (χ0) is 14.0. The van der Waals surface area contributed by atoms with Crippen LogP contribution in [0.3, 0.4) is 0 Å². The van der Waals surface area contributed by atoms with Crippen molar-refractivity contribution in [3.63, 3.8) is 0 Å². The lowest BCUT2D eigenvalue weighted by atomic mass is 10.1. The smallest absolute Gasteiger partial charge is 0.219 e. The number of carbonyl (C=O) groups excluding carboxylic acids is 1. The highest BCUT2D eigenvalue weighted by atomic mass is 127. The second-order valence-electron chi connectivity index (χ2n) is 6.39. The molecule has 1 saturated carbocycles. The maximum Gasteiger partial charge on any atom is 0.219 e. The van der Waals surface area contributed by atoms with Gasteiger partial charge >= 0.3 is 0 Å². The number of piperidine rings is 1. The van der Waals surface area contributed by atoms with Crippen molar-refractivity contribution in [1.29, 1.82) is 0 Å². The molecule has 0 aromatic rings. The Bertz CT molecular complexity index is 375. The molecule has 1 saturated heterocycles. The molecule has 0 radical (unpaired) electrons. The minimum atomic E-state index is 0. The fraction of sp³-hybridized carbons (Fsp3) is 0.857. The van der Waals surface area contributed by atoms with E-state index in [1.807, 2.05) is 11.9 Å². The summed E-state index contributed by atoms with van der Waals surface area (Å²) in [6.45, 7) is 7.87. The summed E-state index contributed by atoms with van der Waals surface area (Å²) in [4.78, 5) is 17.5. The lowest BCUT2D eigenvalue weighted by Crippen LogP contribution is -2.50. The molecule has 2 aliphatic rings. The van der Waals surface area contributed by atoms with Crippen molar-refractivity contribution in [2.24, 2.45) is 10.4 Å². The van der Waals surface area contributed by atoms with E-state index in [4.69, 9.17) is 0 Å². The van der Waals surface area contributed by atoms with E-state index >= 15 is 0 Å². The average molecular weight is 394 g/mol. The number of hydrogen-bond donors (Lipinski definition) is 2. The number of amides is 1. The number of nitrogens with zero attached hydrogens (tertiary/aromatic N) is 2. The zero-order valence-corrected chi connectivity index (χ0v) is 15.2. The predicted molar refractivity (Wildman–Crippen MR) is 92.5 cm³/mol. The van der Waals surface area contributed by atoms with E-state index in [1.54, 1.807) is 6.92 Å². The van der Waals surface area contributed by atoms with Crippen LogP contribution in [0, 0.1) is 5.41 Å². The predicted octanol–water partition coefficient (Wildman–Crippen LogP) is 1.58. The molecule has 20 heavy (non-hydrogen) atoms. The molecule has 2 N–H and O–H groups in total. The summed E-state index contributed by atoms with van der Waals surface area (Å²) in [6.07, 6.45) is 3.19. The molecule has 0 bridgehead atoms. The van der Waals surface area contributed by atoms with Crippen LogP contribution in [0.1, 0.15) is 40.0 Å². The molecule has 6 heteroatoms. The van der Waals surface area contributed by atoms with Crippen molar-refractivity contribution in [2.45, 2.75) is 52.1 Å². The van der Waals surface area contributed by atoms with Crippen LogP contribution in [0.4, 0.5) is 0 Å². The first-order valence-corrected chi connectivity index (χ1v) is 7.18. The van der Waals surface area contributed by atoms with Crippen LogP contribution in [0.5, 0.6) is 0 Å². The van der Waals surface area contributed by atoms with Gasteiger partial charge in [-0.2, -0.15) is 0 Å². The summed E-state index contributed by atoms with van der Waals surface area (Å²) in [5, 5.41) is 6.95. The number of halogens is 1. The number of nitrogens with one attached hydrogen (secondary N) is 2. The van der Waals surface area contributed by atoms with E-state index in [1.165, 1.54) is 6.42 Å². The minimum absolute atomic E-state index is 0. The maximum absolute atomic E-state index is 11.3. The summed E-state index contributed by atoms with van der Waals surface area (Å²) >= 11 is 0. The summed E-state index contributed by atoms with van der Waals surface area (Å²) in [5.41, 5.74) is 0.398. The van der Waals surface area contributed by atoms with E-state index in [9.17, 15) is 4.79 Å². The van der Waals surface area contributed by atoms with Gasteiger partial charge in [-0.25, -0.2) is 0 Å². The lowest BCUT2D eigenvalue weighted by molar-refractivity contribution is -0.129. The second kappa shape index (κ2) is 6.95. The second-order valence-corrected chi connectivity index (χ2v) is 6.39. The van der Waals surface area contributed by atoms with Crippen LogP contribution in [0.25, 0.3) is 0 Å². The quantitative estimate of drug-likeness (QED) is 0.425. The van der Waals surface area contributed by atoms with Gasteiger partial charge in [0.05, 0.1) is 0 Å². The first kappa shape index (κ1) is 17.5. The first-order chi connectivity index (χ1) is 8.92. The van der Waals surface area contributed by atoms with Gasteiger partial charge < -0.3 is 15.5 Å². The van der Waals surface area contributed by atoms with Crippen LogP contribution in [0.15, 0.2) is 4.99 Å². The van der Waals surface area contributed by atoms with Gasteiger partial charge in [0, 0.05) is 39.1 Å². The van der Waals surface area contributed by atoms with E-state index in [0.29, 0.717) is 17.5 Å². The molecular formula is C14H27IN4O. The molecule has 116 valence electrons. The van der Waals surface area contributed by atoms with E-state index in [-0.39, 0.29) is 29.9 Å². The van der Waals surface area contributed by atoms with Gasteiger partial charge in [-0.3, -0.25) is 9.79 Å². The highest BCUT2D eigenvalue weighted by Crippen LogP contribution is 2.44. The Labute approximate surface area is 139 Å². The number of hydrogen-bond acceptors (Lipinski definition) is 2. The summed E-state index contributed by atoms with van der Waals surface area (Å²) in [5.74, 6) is 1.08. The van der Waals surface area contributed by atoms with Crippen LogP contribution in [-0.4, -0.2) is 49.0 Å². The summed E-state index contributed by atoms with van der Waals surface area (Å²) < 4.78 is 0. The van der Waals surface area contributed by atoms with E-state index in [2.05, 4.69) is 29.5 Å². The summed E-state index contributed by atoms with van der Waals surface area (Å²) in [6, 6.07) is 0.958. The molecule has 2 fully saturated rings. The molecule has 1 aliphatic carbocycles. The SMILES string of the molecule is CN=C(NC1CCN(C(C)=O)CC1)NC1CC1(C)C.I. The average Bonchev–Trinajstić information content (AvgIpc) is 2.96. The number of carbonyl (C=O) groups is 1. The molecule has 5 nitrogen and oxygen atoms in total. The fourth-order valence-corrected chi connectivity index (χ4v) is 2.58.